The second kappa shape index (κ2) is 6.44. The monoisotopic (exact) mass is 369 g/mol. The summed E-state index contributed by atoms with van der Waals surface area (Å²) >= 11 is 3.62. The Morgan fingerprint density at radius 2 is 2.13 bits per heavy atom. The van der Waals surface area contributed by atoms with Gasteiger partial charge in [-0.3, -0.25) is 4.79 Å². The van der Waals surface area contributed by atoms with Crippen LogP contribution in [0.3, 0.4) is 0 Å². The number of aromatic nitrogens is 5. The molecule has 9 nitrogen and oxygen atoms in total. The molecule has 0 aliphatic heterocycles. The topological polar surface area (TPSA) is 131 Å². The van der Waals surface area contributed by atoms with Gasteiger partial charge in [-0.25, -0.2) is 9.78 Å². The number of carbonyl (C=O) groups is 2. The minimum atomic E-state index is -1.06. The summed E-state index contributed by atoms with van der Waals surface area (Å²) in [5.41, 5.74) is 0.557. The van der Waals surface area contributed by atoms with E-state index in [4.69, 9.17) is 5.11 Å². The minimum absolute atomic E-state index is 0.106. The van der Waals surface area contributed by atoms with Gasteiger partial charge in [-0.05, 0) is 33.6 Å². The summed E-state index contributed by atoms with van der Waals surface area (Å²) in [5, 5.41) is 33.2. The normalized spacial score (nSPS) is 10.8. The molecule has 0 amide bonds. The first kappa shape index (κ1) is 15.6. The van der Waals surface area contributed by atoms with Crippen LogP contribution in [0, 0.1) is 0 Å². The van der Waals surface area contributed by atoms with Gasteiger partial charge < -0.3 is 10.2 Å². The lowest BCUT2D eigenvalue weighted by molar-refractivity contribution is -0.136. The van der Waals surface area contributed by atoms with E-state index in [0.717, 1.165) is 11.8 Å². The zero-order chi connectivity index (χ0) is 16.4. The van der Waals surface area contributed by atoms with Gasteiger partial charge in [0.05, 0.1) is 17.7 Å². The summed E-state index contributed by atoms with van der Waals surface area (Å²) in [6, 6.07) is 1.48. The summed E-state index contributed by atoms with van der Waals surface area (Å²) < 4.78 is 1.91. The quantitative estimate of drug-likeness (QED) is 0.665. The molecule has 3 heterocycles. The molecule has 0 bridgehead atoms. The van der Waals surface area contributed by atoms with Crippen LogP contribution >= 0.6 is 34.4 Å². The number of aromatic carboxylic acids is 1. The van der Waals surface area contributed by atoms with Crippen LogP contribution in [-0.2, 0) is 11.2 Å². The number of thiazole rings is 1. The molecule has 0 saturated heterocycles. The summed E-state index contributed by atoms with van der Waals surface area (Å²) in [6.07, 6.45) is -0.157. The molecule has 0 radical (unpaired) electrons. The SMILES string of the molecule is O=C(O)Cc1csc(Sc2nnnn2-c2sccc2C(=O)O)n1. The molecule has 0 spiro atoms. The van der Waals surface area contributed by atoms with Gasteiger partial charge in [0.15, 0.2) is 4.34 Å². The molecule has 0 aliphatic carbocycles. The Morgan fingerprint density at radius 3 is 2.87 bits per heavy atom. The first-order chi connectivity index (χ1) is 11.0. The molecule has 12 heteroatoms. The molecule has 0 atom stereocenters. The predicted octanol–water partition coefficient (Wildman–Crippen LogP) is 1.66. The lowest BCUT2D eigenvalue weighted by Crippen LogP contribution is -2.04. The van der Waals surface area contributed by atoms with Crippen molar-refractivity contribution in [2.45, 2.75) is 15.9 Å². The van der Waals surface area contributed by atoms with Gasteiger partial charge in [-0.2, -0.15) is 4.68 Å². The highest BCUT2D eigenvalue weighted by atomic mass is 32.2. The number of hydrogen-bond donors (Lipinski definition) is 2. The van der Waals surface area contributed by atoms with Crippen molar-refractivity contribution in [2.75, 3.05) is 0 Å². The third kappa shape index (κ3) is 3.38. The van der Waals surface area contributed by atoms with Crippen LogP contribution in [-0.4, -0.2) is 47.3 Å². The number of thiophene rings is 1. The summed E-state index contributed by atoms with van der Waals surface area (Å²) in [4.78, 5) is 26.1. The van der Waals surface area contributed by atoms with Crippen molar-refractivity contribution in [1.29, 1.82) is 0 Å². The molecule has 2 N–H and O–H groups in total. The standard InChI is InChI=1S/C11H7N5O4S3/c17-7(18)3-5-4-22-11(12-5)23-10-13-14-15-16(10)8-6(9(19)20)1-2-21-8/h1-2,4H,3H2,(H,17,18)(H,19,20). The van der Waals surface area contributed by atoms with Crippen molar-refractivity contribution in [3.8, 4) is 5.00 Å². The predicted molar refractivity (Wildman–Crippen MR) is 81.6 cm³/mol. The van der Waals surface area contributed by atoms with Crippen LogP contribution in [0.15, 0.2) is 26.3 Å². The second-order valence-corrected chi connectivity index (χ2v) is 7.06. The average molecular weight is 369 g/mol. The van der Waals surface area contributed by atoms with Gasteiger partial charge in [0.1, 0.15) is 5.00 Å². The minimum Gasteiger partial charge on any atom is -0.481 e. The van der Waals surface area contributed by atoms with Crippen LogP contribution < -0.4 is 0 Å². The van der Waals surface area contributed by atoms with E-state index in [1.54, 1.807) is 10.8 Å². The number of rotatable bonds is 6. The maximum Gasteiger partial charge on any atom is 0.338 e. The van der Waals surface area contributed by atoms with Gasteiger partial charge in [-0.1, -0.05) is 0 Å². The summed E-state index contributed by atoms with van der Waals surface area (Å²) in [6.45, 7) is 0. The van der Waals surface area contributed by atoms with E-state index in [1.165, 1.54) is 33.4 Å². The Labute approximate surface area is 140 Å². The first-order valence-corrected chi connectivity index (χ1v) is 8.55. The Kier molecular flexibility index (Phi) is 4.36. The van der Waals surface area contributed by atoms with Crippen LogP contribution in [0.4, 0.5) is 0 Å². The molecule has 3 rings (SSSR count). The summed E-state index contributed by atoms with van der Waals surface area (Å²) in [5.74, 6) is -2.02. The fraction of sp³-hybridized carbons (Fsp3) is 0.0909. The highest BCUT2D eigenvalue weighted by Gasteiger charge is 2.19. The molecule has 0 unspecified atom stereocenters. The average Bonchev–Trinajstić information content (AvgIpc) is 3.18. The third-order valence-electron chi connectivity index (χ3n) is 2.55. The number of carboxylic acids is 2. The Bertz CT molecular complexity index is 871. The smallest absolute Gasteiger partial charge is 0.338 e. The Morgan fingerprint density at radius 1 is 1.30 bits per heavy atom. The molecular weight excluding hydrogens is 362 g/mol. The van der Waals surface area contributed by atoms with Crippen molar-refractivity contribution in [3.05, 3.63) is 28.1 Å². The maximum atomic E-state index is 11.2. The second-order valence-electron chi connectivity index (χ2n) is 4.10. The molecule has 3 aromatic heterocycles. The first-order valence-electron chi connectivity index (χ1n) is 5.98. The van der Waals surface area contributed by atoms with Gasteiger partial charge in [0, 0.05) is 5.38 Å². The van der Waals surface area contributed by atoms with E-state index in [2.05, 4.69) is 20.5 Å². The molecule has 0 aromatic carbocycles. The molecule has 0 fully saturated rings. The van der Waals surface area contributed by atoms with Crippen LogP contribution in [0.25, 0.3) is 5.00 Å². The van der Waals surface area contributed by atoms with Gasteiger partial charge in [-0.15, -0.1) is 27.8 Å². The lowest BCUT2D eigenvalue weighted by Gasteiger charge is -2.01. The number of hydrogen-bond acceptors (Lipinski definition) is 9. The zero-order valence-corrected chi connectivity index (χ0v) is 13.6. The fourth-order valence-electron chi connectivity index (χ4n) is 1.65. The lowest BCUT2D eigenvalue weighted by atomic mass is 10.3. The number of tetrazole rings is 1. The van der Waals surface area contributed by atoms with Gasteiger partial charge in [0.25, 0.3) is 0 Å². The number of aliphatic carboxylic acids is 1. The van der Waals surface area contributed by atoms with Crippen molar-refractivity contribution in [3.63, 3.8) is 0 Å². The highest BCUT2D eigenvalue weighted by molar-refractivity contribution is 8.00. The molecule has 23 heavy (non-hydrogen) atoms. The largest absolute Gasteiger partial charge is 0.481 e. The third-order valence-corrected chi connectivity index (χ3v) is 5.36. The van der Waals surface area contributed by atoms with E-state index >= 15 is 0 Å². The van der Waals surface area contributed by atoms with E-state index in [-0.39, 0.29) is 12.0 Å². The Balaban J connectivity index is 1.87. The summed E-state index contributed by atoms with van der Waals surface area (Å²) in [7, 11) is 0. The van der Waals surface area contributed by atoms with Crippen molar-refractivity contribution < 1.29 is 19.8 Å². The molecule has 0 aliphatic rings. The van der Waals surface area contributed by atoms with E-state index in [9.17, 15) is 14.7 Å². The van der Waals surface area contributed by atoms with Crippen LogP contribution in [0.1, 0.15) is 16.1 Å². The number of nitrogens with zero attached hydrogens (tertiary/aromatic N) is 5. The Hall–Kier alpha value is -2.31. The van der Waals surface area contributed by atoms with Crippen LogP contribution in [0.5, 0.6) is 0 Å². The maximum absolute atomic E-state index is 11.2. The molecule has 118 valence electrons. The van der Waals surface area contributed by atoms with E-state index in [1.807, 2.05) is 0 Å². The van der Waals surface area contributed by atoms with Crippen molar-refractivity contribution in [2.24, 2.45) is 0 Å². The molecule has 0 saturated carbocycles. The zero-order valence-electron chi connectivity index (χ0n) is 11.1. The molecular formula is C11H7N5O4S3. The van der Waals surface area contributed by atoms with Crippen molar-refractivity contribution in [1.82, 2.24) is 25.2 Å². The van der Waals surface area contributed by atoms with E-state index in [0.29, 0.717) is 20.2 Å². The van der Waals surface area contributed by atoms with E-state index < -0.39 is 11.9 Å². The van der Waals surface area contributed by atoms with Crippen LogP contribution in [0.2, 0.25) is 0 Å². The van der Waals surface area contributed by atoms with Crippen molar-refractivity contribution >= 4 is 46.4 Å². The van der Waals surface area contributed by atoms with Gasteiger partial charge in [0.2, 0.25) is 5.16 Å². The molecule has 3 aromatic rings. The van der Waals surface area contributed by atoms with Gasteiger partial charge >= 0.3 is 11.9 Å². The highest BCUT2D eigenvalue weighted by Crippen LogP contribution is 2.32. The fourth-order valence-corrected chi connectivity index (χ4v) is 4.26. The number of carboxylic acid groups (broad SMARTS) is 2.